The zero-order chi connectivity index (χ0) is 16.3. The van der Waals surface area contributed by atoms with Gasteiger partial charge in [0.15, 0.2) is 5.78 Å². The van der Waals surface area contributed by atoms with Crippen molar-refractivity contribution in [2.45, 2.75) is 43.9 Å². The standard InChI is InChI=1S/C13H19N3O5S/c1-8(17)12(5-10-6-14-7-15-10)16-13(18)9-2-3-11(4-9)22(19,20)21/h6-7,9,11-12H,2-5H2,1H3,(H,14,15)(H,16,18)(H,19,20,21)/t9?,11?,12-/m0/s1. The molecular formula is C13H19N3O5S. The molecule has 3 atom stereocenters. The molecule has 9 heteroatoms. The molecule has 122 valence electrons. The molecule has 0 aromatic carbocycles. The van der Waals surface area contributed by atoms with Gasteiger partial charge in [-0.2, -0.15) is 8.42 Å². The van der Waals surface area contributed by atoms with Gasteiger partial charge in [0, 0.05) is 18.5 Å². The van der Waals surface area contributed by atoms with Crippen LogP contribution in [-0.4, -0.2) is 45.9 Å². The molecule has 0 radical (unpaired) electrons. The highest BCUT2D eigenvalue weighted by atomic mass is 32.2. The number of nitrogens with one attached hydrogen (secondary N) is 2. The molecule has 1 aliphatic carbocycles. The van der Waals surface area contributed by atoms with Gasteiger partial charge in [0.25, 0.3) is 10.1 Å². The summed E-state index contributed by atoms with van der Waals surface area (Å²) in [6.07, 6.45) is 4.12. The third-order valence-electron chi connectivity index (χ3n) is 3.95. The number of rotatable bonds is 6. The molecule has 1 aromatic heterocycles. The van der Waals surface area contributed by atoms with Crippen LogP contribution in [0.25, 0.3) is 0 Å². The van der Waals surface area contributed by atoms with Gasteiger partial charge in [-0.1, -0.05) is 0 Å². The molecule has 1 aliphatic rings. The number of carbonyl (C=O) groups is 2. The molecule has 1 heterocycles. The highest BCUT2D eigenvalue weighted by molar-refractivity contribution is 7.86. The minimum atomic E-state index is -4.12. The van der Waals surface area contributed by atoms with E-state index in [2.05, 4.69) is 15.3 Å². The van der Waals surface area contributed by atoms with Gasteiger partial charge in [-0.05, 0) is 26.2 Å². The van der Waals surface area contributed by atoms with Crippen molar-refractivity contribution in [2.75, 3.05) is 0 Å². The monoisotopic (exact) mass is 329 g/mol. The molecule has 1 fully saturated rings. The summed E-state index contributed by atoms with van der Waals surface area (Å²) in [6.45, 7) is 1.38. The lowest BCUT2D eigenvalue weighted by molar-refractivity contribution is -0.129. The summed E-state index contributed by atoms with van der Waals surface area (Å²) in [7, 11) is -4.12. The molecule has 8 nitrogen and oxygen atoms in total. The largest absolute Gasteiger partial charge is 0.351 e. The van der Waals surface area contributed by atoms with Crippen molar-refractivity contribution in [3.8, 4) is 0 Å². The molecular weight excluding hydrogens is 310 g/mol. The van der Waals surface area contributed by atoms with E-state index < -0.39 is 27.3 Å². The zero-order valence-corrected chi connectivity index (χ0v) is 13.0. The Morgan fingerprint density at radius 1 is 1.50 bits per heavy atom. The van der Waals surface area contributed by atoms with Crippen LogP contribution in [0, 0.1) is 5.92 Å². The average molecular weight is 329 g/mol. The number of Topliss-reactive ketones (excluding diaryl/α,β-unsaturated/α-hetero) is 1. The normalized spacial score (nSPS) is 23.2. The average Bonchev–Trinajstić information content (AvgIpc) is 3.08. The summed E-state index contributed by atoms with van der Waals surface area (Å²) in [5, 5.41) is 1.75. The quantitative estimate of drug-likeness (QED) is 0.634. The number of aromatic nitrogens is 2. The number of amides is 1. The molecule has 0 spiro atoms. The zero-order valence-electron chi connectivity index (χ0n) is 12.2. The van der Waals surface area contributed by atoms with E-state index in [1.54, 1.807) is 6.20 Å². The van der Waals surface area contributed by atoms with Gasteiger partial charge >= 0.3 is 0 Å². The molecule has 2 rings (SSSR count). The van der Waals surface area contributed by atoms with Crippen LogP contribution in [0.5, 0.6) is 0 Å². The Morgan fingerprint density at radius 3 is 2.73 bits per heavy atom. The number of hydrogen-bond acceptors (Lipinski definition) is 5. The number of ketones is 1. The smallest absolute Gasteiger partial charge is 0.267 e. The van der Waals surface area contributed by atoms with Crippen LogP contribution in [0.2, 0.25) is 0 Å². The van der Waals surface area contributed by atoms with Crippen molar-refractivity contribution in [1.29, 1.82) is 0 Å². The van der Waals surface area contributed by atoms with Crippen LogP contribution in [0.1, 0.15) is 31.9 Å². The van der Waals surface area contributed by atoms with E-state index in [4.69, 9.17) is 4.55 Å². The van der Waals surface area contributed by atoms with Crippen molar-refractivity contribution in [2.24, 2.45) is 5.92 Å². The molecule has 0 aliphatic heterocycles. The first-order valence-electron chi connectivity index (χ1n) is 7.02. The summed E-state index contributed by atoms with van der Waals surface area (Å²) in [6, 6.07) is -0.694. The van der Waals surface area contributed by atoms with Crippen LogP contribution >= 0.6 is 0 Å². The van der Waals surface area contributed by atoms with Crippen LogP contribution in [0.15, 0.2) is 12.5 Å². The maximum Gasteiger partial charge on any atom is 0.267 e. The Kier molecular flexibility index (Phi) is 4.97. The summed E-state index contributed by atoms with van der Waals surface area (Å²) in [5.74, 6) is -1.06. The van der Waals surface area contributed by atoms with E-state index in [9.17, 15) is 18.0 Å². The Labute approximate surface area is 128 Å². The number of H-pyrrole nitrogens is 1. The summed E-state index contributed by atoms with van der Waals surface area (Å²) >= 11 is 0. The molecule has 3 N–H and O–H groups in total. The van der Waals surface area contributed by atoms with Gasteiger partial charge in [-0.25, -0.2) is 4.98 Å². The fraction of sp³-hybridized carbons (Fsp3) is 0.615. The molecule has 1 aromatic rings. The van der Waals surface area contributed by atoms with Crippen LogP contribution in [0.4, 0.5) is 0 Å². The van der Waals surface area contributed by atoms with Crippen LogP contribution in [-0.2, 0) is 26.1 Å². The number of hydrogen-bond donors (Lipinski definition) is 3. The number of imidazole rings is 1. The second-order valence-corrected chi connectivity index (χ2v) is 7.28. The van der Waals surface area contributed by atoms with Gasteiger partial charge in [-0.15, -0.1) is 0 Å². The fourth-order valence-electron chi connectivity index (χ4n) is 2.65. The Hall–Kier alpha value is -1.74. The lowest BCUT2D eigenvalue weighted by Crippen LogP contribution is -2.44. The fourth-order valence-corrected chi connectivity index (χ4v) is 3.56. The van der Waals surface area contributed by atoms with Gasteiger partial charge in [0.1, 0.15) is 0 Å². The third-order valence-corrected chi connectivity index (χ3v) is 5.22. The first-order chi connectivity index (χ1) is 10.3. The van der Waals surface area contributed by atoms with E-state index in [0.29, 0.717) is 12.1 Å². The summed E-state index contributed by atoms with van der Waals surface area (Å²) in [4.78, 5) is 30.6. The third kappa shape index (κ3) is 4.14. The first kappa shape index (κ1) is 16.6. The molecule has 0 saturated heterocycles. The predicted octanol–water partition coefficient (Wildman–Crippen LogP) is 0.0825. The second-order valence-electron chi connectivity index (χ2n) is 5.58. The lowest BCUT2D eigenvalue weighted by atomic mass is 10.0. The van der Waals surface area contributed by atoms with Crippen LogP contribution < -0.4 is 5.32 Å². The topological polar surface area (TPSA) is 129 Å². The number of aromatic amines is 1. The van der Waals surface area contributed by atoms with Gasteiger partial charge in [-0.3, -0.25) is 14.1 Å². The van der Waals surface area contributed by atoms with Gasteiger partial charge in [0.2, 0.25) is 5.91 Å². The molecule has 1 saturated carbocycles. The first-order valence-corrected chi connectivity index (χ1v) is 8.52. The highest BCUT2D eigenvalue weighted by Gasteiger charge is 2.37. The van der Waals surface area contributed by atoms with Crippen molar-refractivity contribution in [3.63, 3.8) is 0 Å². The molecule has 0 bridgehead atoms. The SMILES string of the molecule is CC(=O)[C@H](Cc1c[nH]cn1)NC(=O)C1CCC(S(=O)(=O)O)C1. The minimum absolute atomic E-state index is 0.0810. The Morgan fingerprint density at radius 2 is 2.23 bits per heavy atom. The van der Waals surface area contributed by atoms with E-state index in [1.807, 2.05) is 0 Å². The summed E-state index contributed by atoms with van der Waals surface area (Å²) < 4.78 is 31.2. The Bertz CT molecular complexity index is 641. The maximum atomic E-state index is 12.2. The van der Waals surface area contributed by atoms with Gasteiger partial charge in [0.05, 0.1) is 23.3 Å². The van der Waals surface area contributed by atoms with Crippen molar-refractivity contribution >= 4 is 21.8 Å². The molecule has 1 amide bonds. The van der Waals surface area contributed by atoms with Gasteiger partial charge < -0.3 is 10.3 Å². The highest BCUT2D eigenvalue weighted by Crippen LogP contribution is 2.30. The van der Waals surface area contributed by atoms with Crippen molar-refractivity contribution < 1.29 is 22.6 Å². The van der Waals surface area contributed by atoms with E-state index in [1.165, 1.54) is 13.3 Å². The predicted molar refractivity (Wildman–Crippen MR) is 77.6 cm³/mol. The number of nitrogens with zero attached hydrogens (tertiary/aromatic N) is 1. The van der Waals surface area contributed by atoms with E-state index >= 15 is 0 Å². The second kappa shape index (κ2) is 6.57. The van der Waals surface area contributed by atoms with E-state index in [-0.39, 0.29) is 31.0 Å². The minimum Gasteiger partial charge on any atom is -0.351 e. The summed E-state index contributed by atoms with van der Waals surface area (Å²) in [5.41, 5.74) is 0.655. The molecule has 2 unspecified atom stereocenters. The van der Waals surface area contributed by atoms with Crippen molar-refractivity contribution in [1.82, 2.24) is 15.3 Å². The lowest BCUT2D eigenvalue weighted by Gasteiger charge is -2.18. The van der Waals surface area contributed by atoms with Crippen molar-refractivity contribution in [3.05, 3.63) is 18.2 Å². The maximum absolute atomic E-state index is 12.2. The molecule has 22 heavy (non-hydrogen) atoms. The number of carbonyl (C=O) groups excluding carboxylic acids is 2. The van der Waals surface area contributed by atoms with Crippen LogP contribution in [0.3, 0.4) is 0 Å². The Balaban J connectivity index is 1.96. The van der Waals surface area contributed by atoms with E-state index in [0.717, 1.165) is 0 Å².